The molecule has 2 aliphatic carbocycles. The maximum absolute atomic E-state index is 10.9. The highest BCUT2D eigenvalue weighted by molar-refractivity contribution is 5.80. The fourth-order valence-electron chi connectivity index (χ4n) is 5.21. The molecule has 0 radical (unpaired) electrons. The minimum absolute atomic E-state index is 0.0872. The average Bonchev–Trinajstić information content (AvgIpc) is 2.48. The number of rotatable bonds is 5. The number of fused-ring (bicyclic) bond motifs is 1. The molecule has 0 aromatic rings. The van der Waals surface area contributed by atoms with Gasteiger partial charge in [0.15, 0.2) is 0 Å². The summed E-state index contributed by atoms with van der Waals surface area (Å²) in [5.41, 5.74) is 2.48. The highest BCUT2D eigenvalue weighted by atomic mass is 16.4. The number of carboxylic acid groups (broad SMARTS) is 1. The Bertz CT molecular complexity index is 519. The Morgan fingerprint density at radius 2 is 2.13 bits per heavy atom. The molecular weight excluding hydrogens is 288 g/mol. The SMILES string of the molecule is CC1=CCC[C@@H]2[C@@](CO)(CC/C(C)=C\C(=O)O)[C@@H](C)CC[C@@]12C. The van der Waals surface area contributed by atoms with E-state index in [2.05, 4.69) is 26.8 Å². The maximum atomic E-state index is 10.9. The zero-order valence-electron chi connectivity index (χ0n) is 15.1. The predicted molar refractivity (Wildman–Crippen MR) is 93.1 cm³/mol. The van der Waals surface area contributed by atoms with Gasteiger partial charge < -0.3 is 10.2 Å². The van der Waals surface area contributed by atoms with Crippen LogP contribution >= 0.6 is 0 Å². The first-order valence-electron chi connectivity index (χ1n) is 8.94. The van der Waals surface area contributed by atoms with E-state index in [1.807, 2.05) is 6.92 Å². The van der Waals surface area contributed by atoms with Crippen molar-refractivity contribution < 1.29 is 15.0 Å². The van der Waals surface area contributed by atoms with Gasteiger partial charge in [0.05, 0.1) is 0 Å². The molecule has 4 atom stereocenters. The summed E-state index contributed by atoms with van der Waals surface area (Å²) in [5, 5.41) is 19.3. The topological polar surface area (TPSA) is 57.5 Å². The van der Waals surface area contributed by atoms with E-state index in [1.165, 1.54) is 18.1 Å². The van der Waals surface area contributed by atoms with Crippen molar-refractivity contribution >= 4 is 5.97 Å². The summed E-state index contributed by atoms with van der Waals surface area (Å²) in [4.78, 5) is 10.9. The normalized spacial score (nSPS) is 38.0. The van der Waals surface area contributed by atoms with Crippen molar-refractivity contribution in [3.8, 4) is 0 Å². The zero-order valence-corrected chi connectivity index (χ0v) is 15.1. The molecule has 0 spiro atoms. The molecule has 23 heavy (non-hydrogen) atoms. The third-order valence-corrected chi connectivity index (χ3v) is 7.00. The van der Waals surface area contributed by atoms with Crippen molar-refractivity contribution in [1.29, 1.82) is 0 Å². The molecule has 3 nitrogen and oxygen atoms in total. The summed E-state index contributed by atoms with van der Waals surface area (Å²) in [6.07, 6.45) is 9.91. The van der Waals surface area contributed by atoms with Crippen LogP contribution in [0.15, 0.2) is 23.3 Å². The maximum Gasteiger partial charge on any atom is 0.328 e. The van der Waals surface area contributed by atoms with Gasteiger partial charge in [-0.05, 0) is 75.0 Å². The molecule has 0 saturated heterocycles. The third kappa shape index (κ3) is 3.26. The van der Waals surface area contributed by atoms with E-state index in [0.717, 1.165) is 37.7 Å². The molecule has 1 fully saturated rings. The molecule has 0 amide bonds. The van der Waals surface area contributed by atoms with Crippen molar-refractivity contribution in [1.82, 2.24) is 0 Å². The van der Waals surface area contributed by atoms with Crippen LogP contribution in [0.1, 0.15) is 66.2 Å². The zero-order chi connectivity index (χ0) is 17.3. The van der Waals surface area contributed by atoms with E-state index < -0.39 is 5.97 Å². The Hall–Kier alpha value is -1.09. The summed E-state index contributed by atoms with van der Waals surface area (Å²) < 4.78 is 0. The van der Waals surface area contributed by atoms with Gasteiger partial charge in [-0.15, -0.1) is 0 Å². The van der Waals surface area contributed by atoms with Gasteiger partial charge in [-0.1, -0.05) is 31.1 Å². The Kier molecular flexibility index (Phi) is 5.40. The first-order chi connectivity index (χ1) is 10.8. The van der Waals surface area contributed by atoms with Crippen molar-refractivity contribution in [2.24, 2.45) is 22.7 Å². The van der Waals surface area contributed by atoms with Crippen LogP contribution in [-0.4, -0.2) is 22.8 Å². The number of allylic oxidation sites excluding steroid dienone is 3. The van der Waals surface area contributed by atoms with Crippen LogP contribution < -0.4 is 0 Å². The number of hydrogen-bond donors (Lipinski definition) is 2. The van der Waals surface area contributed by atoms with E-state index >= 15 is 0 Å². The number of carbonyl (C=O) groups is 1. The monoisotopic (exact) mass is 320 g/mol. The second-order valence-electron chi connectivity index (χ2n) is 8.09. The molecule has 0 aromatic heterocycles. The summed E-state index contributed by atoms with van der Waals surface area (Å²) in [6, 6.07) is 0. The van der Waals surface area contributed by atoms with E-state index in [4.69, 9.17) is 5.11 Å². The Balaban J connectivity index is 2.30. The van der Waals surface area contributed by atoms with Gasteiger partial charge in [0.1, 0.15) is 0 Å². The van der Waals surface area contributed by atoms with Gasteiger partial charge in [0.25, 0.3) is 0 Å². The van der Waals surface area contributed by atoms with Crippen LogP contribution in [0.5, 0.6) is 0 Å². The van der Waals surface area contributed by atoms with Gasteiger partial charge in [0.2, 0.25) is 0 Å². The van der Waals surface area contributed by atoms with Crippen molar-refractivity contribution in [3.63, 3.8) is 0 Å². The van der Waals surface area contributed by atoms with Crippen molar-refractivity contribution in [2.75, 3.05) is 6.61 Å². The summed E-state index contributed by atoms with van der Waals surface area (Å²) in [5.74, 6) is 0.0963. The predicted octanol–water partition coefficient (Wildman–Crippen LogP) is 4.57. The molecule has 2 aliphatic rings. The number of aliphatic hydroxyl groups excluding tert-OH is 1. The van der Waals surface area contributed by atoms with E-state index in [0.29, 0.717) is 11.8 Å². The molecule has 130 valence electrons. The Morgan fingerprint density at radius 1 is 1.43 bits per heavy atom. The molecule has 0 heterocycles. The van der Waals surface area contributed by atoms with Gasteiger partial charge in [-0.2, -0.15) is 0 Å². The Labute approximate surface area is 140 Å². The van der Waals surface area contributed by atoms with Crippen LogP contribution in [-0.2, 0) is 4.79 Å². The van der Waals surface area contributed by atoms with Crippen LogP contribution in [0.2, 0.25) is 0 Å². The van der Waals surface area contributed by atoms with Gasteiger partial charge in [-0.3, -0.25) is 0 Å². The molecule has 2 N–H and O–H groups in total. The first kappa shape index (κ1) is 18.3. The standard InChI is InChI=1S/C20H32O3/c1-14(12-18(22)23)8-11-20(13-21)16(3)9-10-19(4)15(2)6-5-7-17(19)20/h6,12,16-17,21H,5,7-11,13H2,1-4H3,(H,22,23)/b14-12-/t16-,17-,19-,20+/m0/s1. The number of carboxylic acids is 1. The summed E-state index contributed by atoms with van der Waals surface area (Å²) in [6.45, 7) is 9.00. The third-order valence-electron chi connectivity index (χ3n) is 7.00. The fraction of sp³-hybridized carbons (Fsp3) is 0.750. The molecule has 0 unspecified atom stereocenters. The highest BCUT2D eigenvalue weighted by Gasteiger charge is 2.54. The van der Waals surface area contributed by atoms with Crippen LogP contribution in [0, 0.1) is 22.7 Å². The molecule has 0 aliphatic heterocycles. The molecule has 2 rings (SSSR count). The number of aliphatic carboxylic acids is 1. The number of aliphatic hydroxyl groups is 1. The van der Waals surface area contributed by atoms with Gasteiger partial charge in [0, 0.05) is 12.7 Å². The van der Waals surface area contributed by atoms with Gasteiger partial charge in [-0.25, -0.2) is 4.79 Å². The van der Waals surface area contributed by atoms with Crippen LogP contribution in [0.4, 0.5) is 0 Å². The molecule has 0 aromatic carbocycles. The van der Waals surface area contributed by atoms with Gasteiger partial charge >= 0.3 is 5.97 Å². The van der Waals surface area contributed by atoms with Crippen LogP contribution in [0.3, 0.4) is 0 Å². The average molecular weight is 320 g/mol. The van der Waals surface area contributed by atoms with E-state index in [1.54, 1.807) is 0 Å². The Morgan fingerprint density at radius 3 is 2.74 bits per heavy atom. The summed E-state index contributed by atoms with van der Waals surface area (Å²) >= 11 is 0. The quantitative estimate of drug-likeness (QED) is 0.576. The lowest BCUT2D eigenvalue weighted by Crippen LogP contribution is -2.53. The molecule has 3 heteroatoms. The smallest absolute Gasteiger partial charge is 0.328 e. The molecule has 0 bridgehead atoms. The largest absolute Gasteiger partial charge is 0.478 e. The van der Waals surface area contributed by atoms with Crippen molar-refractivity contribution in [2.45, 2.75) is 66.2 Å². The lowest BCUT2D eigenvalue weighted by Gasteiger charge is -2.58. The minimum Gasteiger partial charge on any atom is -0.478 e. The first-order valence-corrected chi connectivity index (χ1v) is 8.94. The second-order valence-corrected chi connectivity index (χ2v) is 8.09. The van der Waals surface area contributed by atoms with Crippen molar-refractivity contribution in [3.05, 3.63) is 23.3 Å². The lowest BCUT2D eigenvalue weighted by atomic mass is 9.46. The summed E-state index contributed by atoms with van der Waals surface area (Å²) in [7, 11) is 0. The molecular formula is C20H32O3. The van der Waals surface area contributed by atoms with Crippen LogP contribution in [0.25, 0.3) is 0 Å². The number of hydrogen-bond acceptors (Lipinski definition) is 2. The fourth-order valence-corrected chi connectivity index (χ4v) is 5.21. The van der Waals surface area contributed by atoms with E-state index in [-0.39, 0.29) is 17.4 Å². The highest BCUT2D eigenvalue weighted by Crippen LogP contribution is 2.61. The molecule has 1 saturated carbocycles. The lowest BCUT2D eigenvalue weighted by molar-refractivity contribution is -0.131. The second kappa shape index (κ2) is 6.80. The minimum atomic E-state index is -0.876. The van der Waals surface area contributed by atoms with E-state index in [9.17, 15) is 9.90 Å².